The maximum Gasteiger partial charge on any atom is 0.222 e. The molecule has 80 valence electrons. The molecule has 0 amide bonds. The maximum absolute atomic E-state index is 8.68. The Kier molecular flexibility index (Phi) is 2.77. The fourth-order valence-electron chi connectivity index (χ4n) is 1.43. The minimum absolute atomic E-state index is 0.212. The zero-order chi connectivity index (χ0) is 10.7. The van der Waals surface area contributed by atoms with Crippen molar-refractivity contribution in [2.45, 2.75) is 19.4 Å². The summed E-state index contributed by atoms with van der Waals surface area (Å²) in [6.07, 6.45) is 5.00. The van der Waals surface area contributed by atoms with Gasteiger partial charge in [0.05, 0.1) is 12.5 Å². The second-order valence-electron chi connectivity index (χ2n) is 3.31. The van der Waals surface area contributed by atoms with Crippen molar-refractivity contribution in [3.63, 3.8) is 0 Å². The summed E-state index contributed by atoms with van der Waals surface area (Å²) in [5.41, 5.74) is 7.00. The van der Waals surface area contributed by atoms with E-state index in [0.29, 0.717) is 0 Å². The number of aliphatic hydroxyl groups is 1. The van der Waals surface area contributed by atoms with E-state index in [1.54, 1.807) is 12.5 Å². The first-order valence-corrected chi connectivity index (χ1v) is 4.85. The molecule has 0 radical (unpaired) electrons. The number of aromatic nitrogens is 4. The van der Waals surface area contributed by atoms with Gasteiger partial charge >= 0.3 is 0 Å². The van der Waals surface area contributed by atoms with Crippen molar-refractivity contribution in [2.75, 3.05) is 12.3 Å². The average molecular weight is 207 g/mol. The molecule has 0 bridgehead atoms. The SMILES string of the molecule is Nc1ncc2ncn(CCCCO)c2n1. The van der Waals surface area contributed by atoms with E-state index in [2.05, 4.69) is 15.0 Å². The quantitative estimate of drug-likeness (QED) is 0.698. The monoisotopic (exact) mass is 207 g/mol. The number of fused-ring (bicyclic) bond motifs is 1. The van der Waals surface area contributed by atoms with Crippen molar-refractivity contribution in [1.82, 2.24) is 19.5 Å². The molecule has 2 rings (SSSR count). The molecule has 0 unspecified atom stereocenters. The van der Waals surface area contributed by atoms with Crippen molar-refractivity contribution in [2.24, 2.45) is 0 Å². The van der Waals surface area contributed by atoms with Gasteiger partial charge in [-0.2, -0.15) is 4.98 Å². The molecule has 0 aliphatic rings. The molecule has 2 heterocycles. The summed E-state index contributed by atoms with van der Waals surface area (Å²) >= 11 is 0. The topological polar surface area (TPSA) is 89.8 Å². The summed E-state index contributed by atoms with van der Waals surface area (Å²) in [6.45, 7) is 0.997. The van der Waals surface area contributed by atoms with Crippen LogP contribution in [0.1, 0.15) is 12.8 Å². The predicted octanol–water partition coefficient (Wildman–Crippen LogP) is 0.181. The third-order valence-corrected chi connectivity index (χ3v) is 2.18. The number of nitrogens with two attached hydrogens (primary N) is 1. The molecule has 6 heteroatoms. The first kappa shape index (κ1) is 9.85. The average Bonchev–Trinajstić information content (AvgIpc) is 2.62. The first-order valence-electron chi connectivity index (χ1n) is 4.85. The third kappa shape index (κ3) is 2.04. The number of hydrogen-bond acceptors (Lipinski definition) is 5. The van der Waals surface area contributed by atoms with Gasteiger partial charge in [0.25, 0.3) is 0 Å². The number of hydrogen-bond donors (Lipinski definition) is 2. The zero-order valence-corrected chi connectivity index (χ0v) is 8.30. The summed E-state index contributed by atoms with van der Waals surface area (Å²) in [7, 11) is 0. The van der Waals surface area contributed by atoms with Gasteiger partial charge in [-0.05, 0) is 12.8 Å². The van der Waals surface area contributed by atoms with Gasteiger partial charge < -0.3 is 15.4 Å². The lowest BCUT2D eigenvalue weighted by molar-refractivity contribution is 0.281. The molecule has 0 aliphatic carbocycles. The van der Waals surface area contributed by atoms with Crippen molar-refractivity contribution in [1.29, 1.82) is 0 Å². The highest BCUT2D eigenvalue weighted by atomic mass is 16.2. The fourth-order valence-corrected chi connectivity index (χ4v) is 1.43. The van der Waals surface area contributed by atoms with Crippen molar-refractivity contribution < 1.29 is 5.11 Å². The van der Waals surface area contributed by atoms with Crippen LogP contribution >= 0.6 is 0 Å². The maximum atomic E-state index is 8.68. The van der Waals surface area contributed by atoms with E-state index >= 15 is 0 Å². The standard InChI is InChI=1S/C9H13N5O/c10-9-11-5-7-8(13-9)14(6-12-7)3-1-2-4-15/h5-6,15H,1-4H2,(H2,10,11,13). The second-order valence-corrected chi connectivity index (χ2v) is 3.31. The van der Waals surface area contributed by atoms with Gasteiger partial charge in [-0.15, -0.1) is 0 Å². The largest absolute Gasteiger partial charge is 0.396 e. The number of rotatable bonds is 4. The third-order valence-electron chi connectivity index (χ3n) is 2.18. The van der Waals surface area contributed by atoms with Gasteiger partial charge in [0, 0.05) is 13.2 Å². The molecule has 3 N–H and O–H groups in total. The molecule has 15 heavy (non-hydrogen) atoms. The number of nitrogen functional groups attached to an aromatic ring is 1. The van der Waals surface area contributed by atoms with Crippen LogP contribution in [-0.4, -0.2) is 31.2 Å². The van der Waals surface area contributed by atoms with Gasteiger partial charge in [0.15, 0.2) is 5.65 Å². The highest BCUT2D eigenvalue weighted by Crippen LogP contribution is 2.10. The van der Waals surface area contributed by atoms with Crippen LogP contribution in [0.25, 0.3) is 11.2 Å². The smallest absolute Gasteiger partial charge is 0.222 e. The van der Waals surface area contributed by atoms with E-state index in [-0.39, 0.29) is 12.6 Å². The lowest BCUT2D eigenvalue weighted by Gasteiger charge is -2.02. The summed E-state index contributed by atoms with van der Waals surface area (Å²) in [6, 6.07) is 0. The van der Waals surface area contributed by atoms with Crippen LogP contribution < -0.4 is 5.73 Å². The highest BCUT2D eigenvalue weighted by Gasteiger charge is 2.04. The molecule has 2 aromatic rings. The summed E-state index contributed by atoms with van der Waals surface area (Å²) in [5.74, 6) is 0.256. The Balaban J connectivity index is 2.23. The Hall–Kier alpha value is -1.69. The molecule has 2 aromatic heterocycles. The van der Waals surface area contributed by atoms with E-state index in [0.717, 1.165) is 30.6 Å². The fraction of sp³-hybridized carbons (Fsp3) is 0.444. The highest BCUT2D eigenvalue weighted by molar-refractivity contribution is 5.70. The first-order chi connectivity index (χ1) is 7.31. The Morgan fingerprint density at radius 1 is 1.33 bits per heavy atom. The van der Waals surface area contributed by atoms with E-state index in [1.807, 2.05) is 4.57 Å². The van der Waals surface area contributed by atoms with Crippen LogP contribution in [-0.2, 0) is 6.54 Å². The number of aryl methyl sites for hydroxylation is 1. The summed E-state index contributed by atoms with van der Waals surface area (Å²) < 4.78 is 1.92. The van der Waals surface area contributed by atoms with Crippen molar-refractivity contribution >= 4 is 17.1 Å². The minimum Gasteiger partial charge on any atom is -0.396 e. The van der Waals surface area contributed by atoms with Gasteiger partial charge in [0.2, 0.25) is 5.95 Å². The molecular weight excluding hydrogens is 194 g/mol. The van der Waals surface area contributed by atoms with Gasteiger partial charge in [-0.3, -0.25) is 0 Å². The van der Waals surface area contributed by atoms with Gasteiger partial charge in [-0.1, -0.05) is 0 Å². The molecule has 0 saturated carbocycles. The zero-order valence-electron chi connectivity index (χ0n) is 8.30. The lowest BCUT2D eigenvalue weighted by atomic mass is 10.3. The lowest BCUT2D eigenvalue weighted by Crippen LogP contribution is -2.01. The van der Waals surface area contributed by atoms with Gasteiger partial charge in [0.1, 0.15) is 5.52 Å². The Bertz CT molecular complexity index is 453. The molecule has 0 spiro atoms. The van der Waals surface area contributed by atoms with Crippen LogP contribution in [0.3, 0.4) is 0 Å². The minimum atomic E-state index is 0.212. The predicted molar refractivity (Wildman–Crippen MR) is 56.1 cm³/mol. The summed E-state index contributed by atoms with van der Waals surface area (Å²) in [4.78, 5) is 12.1. The van der Waals surface area contributed by atoms with Crippen LogP contribution in [0, 0.1) is 0 Å². The molecule has 0 fully saturated rings. The van der Waals surface area contributed by atoms with Crippen molar-refractivity contribution in [3.05, 3.63) is 12.5 Å². The van der Waals surface area contributed by atoms with Gasteiger partial charge in [-0.25, -0.2) is 9.97 Å². The number of imidazole rings is 1. The Morgan fingerprint density at radius 3 is 3.00 bits per heavy atom. The van der Waals surface area contributed by atoms with E-state index in [9.17, 15) is 0 Å². The molecule has 0 aromatic carbocycles. The number of unbranched alkanes of at least 4 members (excludes halogenated alkanes) is 1. The van der Waals surface area contributed by atoms with Crippen LogP contribution in [0.2, 0.25) is 0 Å². The van der Waals surface area contributed by atoms with E-state index < -0.39 is 0 Å². The molecule has 0 aliphatic heterocycles. The summed E-state index contributed by atoms with van der Waals surface area (Å²) in [5, 5.41) is 8.68. The van der Waals surface area contributed by atoms with Crippen molar-refractivity contribution in [3.8, 4) is 0 Å². The normalized spacial score (nSPS) is 11.0. The Labute approximate surface area is 86.8 Å². The molecule has 0 saturated heterocycles. The number of anilines is 1. The second kappa shape index (κ2) is 4.22. The molecule has 6 nitrogen and oxygen atoms in total. The molecule has 0 atom stereocenters. The van der Waals surface area contributed by atoms with E-state index in [1.165, 1.54) is 0 Å². The Morgan fingerprint density at radius 2 is 2.20 bits per heavy atom. The van der Waals surface area contributed by atoms with Crippen LogP contribution in [0.4, 0.5) is 5.95 Å². The van der Waals surface area contributed by atoms with E-state index in [4.69, 9.17) is 10.8 Å². The van der Waals surface area contributed by atoms with Crippen LogP contribution in [0.5, 0.6) is 0 Å². The molecular formula is C9H13N5O. The number of aliphatic hydroxyl groups excluding tert-OH is 1. The number of nitrogens with zero attached hydrogens (tertiary/aromatic N) is 4. The van der Waals surface area contributed by atoms with Crippen LogP contribution in [0.15, 0.2) is 12.5 Å².